The van der Waals surface area contributed by atoms with Crippen LogP contribution in [-0.4, -0.2) is 37.0 Å². The second-order valence-electron chi connectivity index (χ2n) is 4.46. The van der Waals surface area contributed by atoms with Gasteiger partial charge in [0.15, 0.2) is 0 Å². The van der Waals surface area contributed by atoms with Gasteiger partial charge < -0.3 is 14.4 Å². The van der Waals surface area contributed by atoms with Gasteiger partial charge in [0.2, 0.25) is 0 Å². The molecule has 1 aliphatic rings. The summed E-state index contributed by atoms with van der Waals surface area (Å²) in [6, 6.07) is 0. The van der Waals surface area contributed by atoms with Crippen molar-refractivity contribution in [2.75, 3.05) is 19.7 Å². The Morgan fingerprint density at radius 1 is 1.60 bits per heavy atom. The second kappa shape index (κ2) is 5.73. The monoisotopic (exact) mass is 213 g/mol. The van der Waals surface area contributed by atoms with E-state index in [0.29, 0.717) is 25.6 Å². The Labute approximate surface area is 90.6 Å². The van der Waals surface area contributed by atoms with Crippen LogP contribution in [0.2, 0.25) is 0 Å². The summed E-state index contributed by atoms with van der Waals surface area (Å²) in [7, 11) is 0. The lowest BCUT2D eigenvalue weighted by Crippen LogP contribution is -2.41. The first-order valence-electron chi connectivity index (χ1n) is 5.50. The van der Waals surface area contributed by atoms with E-state index in [9.17, 15) is 9.59 Å². The Bertz CT molecular complexity index is 228. The normalized spacial score (nSPS) is 21.5. The van der Waals surface area contributed by atoms with Gasteiger partial charge in [-0.05, 0) is 18.8 Å². The van der Waals surface area contributed by atoms with Crippen molar-refractivity contribution < 1.29 is 14.3 Å². The average Bonchev–Trinajstić information content (AvgIpc) is 2.26. The Morgan fingerprint density at radius 2 is 2.33 bits per heavy atom. The van der Waals surface area contributed by atoms with Gasteiger partial charge >= 0.3 is 6.09 Å². The predicted molar refractivity (Wildman–Crippen MR) is 56.5 cm³/mol. The van der Waals surface area contributed by atoms with Crippen LogP contribution in [0.25, 0.3) is 0 Å². The number of hydrogen-bond donors (Lipinski definition) is 0. The maximum Gasteiger partial charge on any atom is 0.409 e. The minimum atomic E-state index is -0.282. The van der Waals surface area contributed by atoms with Crippen molar-refractivity contribution in [2.24, 2.45) is 11.8 Å². The van der Waals surface area contributed by atoms with E-state index >= 15 is 0 Å². The van der Waals surface area contributed by atoms with Crippen molar-refractivity contribution >= 4 is 12.4 Å². The molecule has 0 radical (unpaired) electrons. The molecule has 1 saturated heterocycles. The minimum Gasteiger partial charge on any atom is -0.449 e. The highest BCUT2D eigenvalue weighted by Crippen LogP contribution is 2.15. The van der Waals surface area contributed by atoms with Crippen LogP contribution in [0, 0.1) is 11.8 Å². The van der Waals surface area contributed by atoms with Gasteiger partial charge in [0.25, 0.3) is 0 Å². The first-order valence-corrected chi connectivity index (χ1v) is 5.50. The SMILES string of the molecule is CC(C)COC(=O)N1CCCC(C=O)C1. The van der Waals surface area contributed by atoms with E-state index in [2.05, 4.69) is 0 Å². The van der Waals surface area contributed by atoms with Gasteiger partial charge in [-0.2, -0.15) is 0 Å². The molecular weight excluding hydrogens is 194 g/mol. The molecule has 1 rings (SSSR count). The summed E-state index contributed by atoms with van der Waals surface area (Å²) in [5, 5.41) is 0. The van der Waals surface area contributed by atoms with Gasteiger partial charge in [0, 0.05) is 19.0 Å². The Kier molecular flexibility index (Phi) is 4.59. The molecule has 1 fully saturated rings. The van der Waals surface area contributed by atoms with Crippen LogP contribution in [0.1, 0.15) is 26.7 Å². The highest BCUT2D eigenvalue weighted by Gasteiger charge is 2.24. The standard InChI is InChI=1S/C11H19NO3/c1-9(2)8-15-11(14)12-5-3-4-10(6-12)7-13/h7,9-10H,3-6,8H2,1-2H3. The molecular formula is C11H19NO3. The van der Waals surface area contributed by atoms with Gasteiger partial charge in [-0.15, -0.1) is 0 Å². The fourth-order valence-corrected chi connectivity index (χ4v) is 1.62. The third kappa shape index (κ3) is 3.90. The number of nitrogens with zero attached hydrogens (tertiary/aromatic N) is 1. The van der Waals surface area contributed by atoms with Crippen LogP contribution in [0.4, 0.5) is 4.79 Å². The molecule has 0 aromatic carbocycles. The highest BCUT2D eigenvalue weighted by atomic mass is 16.6. The number of rotatable bonds is 3. The number of aldehydes is 1. The van der Waals surface area contributed by atoms with Crippen LogP contribution in [0.15, 0.2) is 0 Å². The highest BCUT2D eigenvalue weighted by molar-refractivity contribution is 5.68. The lowest BCUT2D eigenvalue weighted by Gasteiger charge is -2.29. The number of piperidine rings is 1. The van der Waals surface area contributed by atoms with Gasteiger partial charge in [0.05, 0.1) is 6.61 Å². The molecule has 86 valence electrons. The molecule has 0 aromatic rings. The molecule has 0 N–H and O–H groups in total. The topological polar surface area (TPSA) is 46.6 Å². The molecule has 0 aromatic heterocycles. The number of carbonyl (C=O) groups is 2. The molecule has 0 aliphatic carbocycles. The third-order valence-corrected chi connectivity index (χ3v) is 2.45. The van der Waals surface area contributed by atoms with Gasteiger partial charge in [-0.3, -0.25) is 0 Å². The predicted octanol–water partition coefficient (Wildman–Crippen LogP) is 1.69. The Balaban J connectivity index is 2.35. The minimum absolute atomic E-state index is 0.00894. The summed E-state index contributed by atoms with van der Waals surface area (Å²) in [5.41, 5.74) is 0. The van der Waals surface area contributed by atoms with Crippen LogP contribution in [0.5, 0.6) is 0 Å². The van der Waals surface area contributed by atoms with E-state index in [1.807, 2.05) is 13.8 Å². The Morgan fingerprint density at radius 3 is 2.93 bits per heavy atom. The number of carbonyl (C=O) groups excluding carboxylic acids is 2. The Hall–Kier alpha value is -1.06. The summed E-state index contributed by atoms with van der Waals surface area (Å²) in [6.45, 7) is 5.66. The first-order chi connectivity index (χ1) is 7.13. The zero-order chi connectivity index (χ0) is 11.3. The fraction of sp³-hybridized carbons (Fsp3) is 0.818. The maximum atomic E-state index is 11.6. The van der Waals surface area contributed by atoms with Crippen LogP contribution >= 0.6 is 0 Å². The van der Waals surface area contributed by atoms with Crippen molar-refractivity contribution in [3.05, 3.63) is 0 Å². The first kappa shape index (κ1) is 12.0. The lowest BCUT2D eigenvalue weighted by atomic mass is 10.0. The molecule has 0 bridgehead atoms. The largest absolute Gasteiger partial charge is 0.449 e. The van der Waals surface area contributed by atoms with Crippen molar-refractivity contribution in [3.63, 3.8) is 0 Å². The maximum absolute atomic E-state index is 11.6. The van der Waals surface area contributed by atoms with Crippen LogP contribution < -0.4 is 0 Å². The molecule has 1 atom stereocenters. The molecule has 1 unspecified atom stereocenters. The number of ether oxygens (including phenoxy) is 1. The summed E-state index contributed by atoms with van der Waals surface area (Å²) < 4.78 is 5.11. The van der Waals surface area contributed by atoms with Crippen LogP contribution in [-0.2, 0) is 9.53 Å². The van der Waals surface area contributed by atoms with Gasteiger partial charge in [-0.25, -0.2) is 4.79 Å². The average molecular weight is 213 g/mol. The lowest BCUT2D eigenvalue weighted by molar-refractivity contribution is -0.112. The third-order valence-electron chi connectivity index (χ3n) is 2.45. The van der Waals surface area contributed by atoms with E-state index in [1.165, 1.54) is 0 Å². The smallest absolute Gasteiger partial charge is 0.409 e. The molecule has 1 aliphatic heterocycles. The summed E-state index contributed by atoms with van der Waals surface area (Å²) >= 11 is 0. The number of amides is 1. The molecule has 0 spiro atoms. The molecule has 0 saturated carbocycles. The van der Waals surface area contributed by atoms with Gasteiger partial charge in [-0.1, -0.05) is 13.8 Å². The van der Waals surface area contributed by atoms with E-state index in [0.717, 1.165) is 19.1 Å². The van der Waals surface area contributed by atoms with E-state index < -0.39 is 0 Å². The quantitative estimate of drug-likeness (QED) is 0.670. The van der Waals surface area contributed by atoms with Crippen LogP contribution in [0.3, 0.4) is 0 Å². The summed E-state index contributed by atoms with van der Waals surface area (Å²) in [4.78, 5) is 23.8. The van der Waals surface area contributed by atoms with Crippen molar-refractivity contribution in [1.82, 2.24) is 4.90 Å². The molecule has 1 heterocycles. The van der Waals surface area contributed by atoms with Crippen molar-refractivity contribution in [2.45, 2.75) is 26.7 Å². The zero-order valence-corrected chi connectivity index (χ0v) is 9.44. The zero-order valence-electron chi connectivity index (χ0n) is 9.44. The summed E-state index contributed by atoms with van der Waals surface area (Å²) in [5.74, 6) is 0.339. The molecule has 15 heavy (non-hydrogen) atoms. The molecule has 4 nitrogen and oxygen atoms in total. The number of likely N-dealkylation sites (tertiary alicyclic amines) is 1. The van der Waals surface area contributed by atoms with Crippen molar-refractivity contribution in [1.29, 1.82) is 0 Å². The summed E-state index contributed by atoms with van der Waals surface area (Å²) in [6.07, 6.45) is 2.43. The fourth-order valence-electron chi connectivity index (χ4n) is 1.62. The van der Waals surface area contributed by atoms with E-state index in [4.69, 9.17) is 4.74 Å². The van der Waals surface area contributed by atoms with E-state index in [1.54, 1.807) is 4.90 Å². The second-order valence-corrected chi connectivity index (χ2v) is 4.46. The number of hydrogen-bond acceptors (Lipinski definition) is 3. The van der Waals surface area contributed by atoms with Gasteiger partial charge in [0.1, 0.15) is 6.29 Å². The molecule has 1 amide bonds. The van der Waals surface area contributed by atoms with E-state index in [-0.39, 0.29) is 12.0 Å². The van der Waals surface area contributed by atoms with Crippen molar-refractivity contribution in [3.8, 4) is 0 Å². The molecule has 4 heteroatoms.